The molecule has 0 bridgehead atoms. The molecule has 0 unspecified atom stereocenters. The Bertz CT molecular complexity index is 250. The van der Waals surface area contributed by atoms with Crippen LogP contribution < -0.4 is 0 Å². The van der Waals surface area contributed by atoms with E-state index in [1.807, 2.05) is 0 Å². The summed E-state index contributed by atoms with van der Waals surface area (Å²) in [7, 11) is 2.44. The van der Waals surface area contributed by atoms with Crippen molar-refractivity contribution in [3.05, 3.63) is 0 Å². The third-order valence-electron chi connectivity index (χ3n) is 2.17. The molecule has 1 N–H and O–H groups in total. The third-order valence-corrected chi connectivity index (χ3v) is 2.17. The standard InChI is InChI=1S/C10H16O6/c1-15-9(13)4-3-8(12)7(6-11)5-10(14)16-2/h6-8,12H,3-5H2,1-2H3/t7-,8+/m1/s1. The molecule has 2 atom stereocenters. The predicted octanol–water partition coefficient (Wildman–Crippen LogP) is -0.321. The number of hydrogen-bond donors (Lipinski definition) is 1. The summed E-state index contributed by atoms with van der Waals surface area (Å²) in [6.45, 7) is 0. The Kier molecular flexibility index (Phi) is 7.11. The molecule has 0 aliphatic rings. The molecule has 0 aromatic heterocycles. The van der Waals surface area contributed by atoms with E-state index in [9.17, 15) is 19.5 Å². The summed E-state index contributed by atoms with van der Waals surface area (Å²) < 4.78 is 8.77. The van der Waals surface area contributed by atoms with Gasteiger partial charge in [-0.1, -0.05) is 0 Å². The molecule has 0 saturated carbocycles. The second-order valence-electron chi connectivity index (χ2n) is 3.26. The molecule has 0 heterocycles. The lowest BCUT2D eigenvalue weighted by Gasteiger charge is -2.15. The molecule has 0 spiro atoms. The highest BCUT2D eigenvalue weighted by molar-refractivity contribution is 5.74. The Morgan fingerprint density at radius 3 is 2.25 bits per heavy atom. The zero-order chi connectivity index (χ0) is 12.6. The van der Waals surface area contributed by atoms with E-state index in [-0.39, 0.29) is 19.3 Å². The molecule has 92 valence electrons. The Labute approximate surface area is 93.5 Å². The van der Waals surface area contributed by atoms with Crippen LogP contribution in [0.2, 0.25) is 0 Å². The van der Waals surface area contributed by atoms with Crippen LogP contribution in [0.25, 0.3) is 0 Å². The van der Waals surface area contributed by atoms with Gasteiger partial charge >= 0.3 is 11.9 Å². The molecule has 0 saturated heterocycles. The summed E-state index contributed by atoms with van der Waals surface area (Å²) in [5, 5.41) is 9.55. The molecule has 0 rings (SSSR count). The van der Waals surface area contributed by atoms with Gasteiger partial charge in [-0.05, 0) is 6.42 Å². The number of aldehydes is 1. The first-order valence-electron chi connectivity index (χ1n) is 4.82. The molecule has 6 nitrogen and oxygen atoms in total. The Hall–Kier alpha value is -1.43. The van der Waals surface area contributed by atoms with Gasteiger partial charge < -0.3 is 19.4 Å². The monoisotopic (exact) mass is 232 g/mol. The van der Waals surface area contributed by atoms with Crippen LogP contribution in [-0.4, -0.2) is 43.7 Å². The van der Waals surface area contributed by atoms with Crippen LogP contribution in [0, 0.1) is 5.92 Å². The highest BCUT2D eigenvalue weighted by Crippen LogP contribution is 2.12. The van der Waals surface area contributed by atoms with E-state index in [2.05, 4.69) is 9.47 Å². The summed E-state index contributed by atoms with van der Waals surface area (Å²) in [5.41, 5.74) is 0. The van der Waals surface area contributed by atoms with Gasteiger partial charge in [0.2, 0.25) is 0 Å². The van der Waals surface area contributed by atoms with Gasteiger partial charge in [0.25, 0.3) is 0 Å². The average Bonchev–Trinajstić information content (AvgIpc) is 2.31. The number of methoxy groups -OCH3 is 2. The summed E-state index contributed by atoms with van der Waals surface area (Å²) in [4.78, 5) is 32.3. The van der Waals surface area contributed by atoms with Crippen molar-refractivity contribution in [2.24, 2.45) is 5.92 Å². The smallest absolute Gasteiger partial charge is 0.306 e. The minimum atomic E-state index is -1.05. The second kappa shape index (κ2) is 7.81. The van der Waals surface area contributed by atoms with Crippen molar-refractivity contribution in [2.75, 3.05) is 14.2 Å². The lowest BCUT2D eigenvalue weighted by Crippen LogP contribution is -2.26. The van der Waals surface area contributed by atoms with Crippen molar-refractivity contribution >= 4 is 18.2 Å². The van der Waals surface area contributed by atoms with Gasteiger partial charge in [0, 0.05) is 6.42 Å². The number of aliphatic hydroxyl groups is 1. The van der Waals surface area contributed by atoms with Crippen LogP contribution in [0.15, 0.2) is 0 Å². The van der Waals surface area contributed by atoms with E-state index in [0.29, 0.717) is 6.29 Å². The first kappa shape index (κ1) is 14.6. The molecule has 0 aromatic rings. The minimum Gasteiger partial charge on any atom is -0.469 e. The number of aliphatic hydroxyl groups excluding tert-OH is 1. The lowest BCUT2D eigenvalue weighted by molar-refractivity contribution is -0.144. The lowest BCUT2D eigenvalue weighted by atomic mass is 9.96. The van der Waals surface area contributed by atoms with Crippen molar-refractivity contribution in [3.8, 4) is 0 Å². The van der Waals surface area contributed by atoms with Crippen molar-refractivity contribution < 1.29 is 29.0 Å². The zero-order valence-corrected chi connectivity index (χ0v) is 9.34. The third kappa shape index (κ3) is 5.45. The Balaban J connectivity index is 4.10. The maximum absolute atomic E-state index is 10.9. The molecule has 6 heteroatoms. The number of ether oxygens (including phenoxy) is 2. The van der Waals surface area contributed by atoms with Gasteiger partial charge in [0.15, 0.2) is 0 Å². The van der Waals surface area contributed by atoms with Crippen molar-refractivity contribution in [1.82, 2.24) is 0 Å². The van der Waals surface area contributed by atoms with Crippen molar-refractivity contribution in [2.45, 2.75) is 25.4 Å². The first-order valence-corrected chi connectivity index (χ1v) is 4.82. The largest absolute Gasteiger partial charge is 0.469 e. The molecule has 0 aromatic carbocycles. The fraction of sp³-hybridized carbons (Fsp3) is 0.700. The number of esters is 2. The SMILES string of the molecule is COC(=O)CC[C@H](O)[C@@H](C=O)CC(=O)OC. The van der Waals surface area contributed by atoms with E-state index in [1.165, 1.54) is 14.2 Å². The highest BCUT2D eigenvalue weighted by atomic mass is 16.5. The Morgan fingerprint density at radius 1 is 1.25 bits per heavy atom. The number of rotatable bonds is 7. The van der Waals surface area contributed by atoms with Crippen molar-refractivity contribution in [3.63, 3.8) is 0 Å². The van der Waals surface area contributed by atoms with Crippen LogP contribution in [0.3, 0.4) is 0 Å². The fourth-order valence-electron chi connectivity index (χ4n) is 1.13. The number of hydrogen-bond acceptors (Lipinski definition) is 6. The molecule has 0 fully saturated rings. The summed E-state index contributed by atoms with van der Waals surface area (Å²) in [5.74, 6) is -1.90. The van der Waals surface area contributed by atoms with Crippen LogP contribution in [-0.2, 0) is 23.9 Å². The molecule has 0 aliphatic heterocycles. The normalized spacial score (nSPS) is 13.7. The second-order valence-corrected chi connectivity index (χ2v) is 3.26. The van der Waals surface area contributed by atoms with E-state index >= 15 is 0 Å². The highest BCUT2D eigenvalue weighted by Gasteiger charge is 2.22. The fourth-order valence-corrected chi connectivity index (χ4v) is 1.13. The number of carbonyl (C=O) groups is 3. The summed E-state index contributed by atoms with van der Waals surface area (Å²) in [6.07, 6.45) is -0.673. The topological polar surface area (TPSA) is 89.9 Å². The molecule has 16 heavy (non-hydrogen) atoms. The molecular formula is C10H16O6. The maximum Gasteiger partial charge on any atom is 0.306 e. The molecular weight excluding hydrogens is 216 g/mol. The van der Waals surface area contributed by atoms with E-state index < -0.39 is 24.0 Å². The maximum atomic E-state index is 10.9. The quantitative estimate of drug-likeness (QED) is 0.478. The van der Waals surface area contributed by atoms with E-state index in [1.54, 1.807) is 0 Å². The molecule has 0 aliphatic carbocycles. The van der Waals surface area contributed by atoms with E-state index in [4.69, 9.17) is 0 Å². The zero-order valence-electron chi connectivity index (χ0n) is 9.34. The van der Waals surface area contributed by atoms with Crippen LogP contribution in [0.4, 0.5) is 0 Å². The van der Waals surface area contributed by atoms with Gasteiger partial charge in [0.1, 0.15) is 6.29 Å². The van der Waals surface area contributed by atoms with Crippen LogP contribution >= 0.6 is 0 Å². The van der Waals surface area contributed by atoms with Gasteiger partial charge in [-0.3, -0.25) is 9.59 Å². The summed E-state index contributed by atoms with van der Waals surface area (Å²) in [6, 6.07) is 0. The van der Waals surface area contributed by atoms with Gasteiger partial charge in [-0.15, -0.1) is 0 Å². The summed E-state index contributed by atoms with van der Waals surface area (Å²) >= 11 is 0. The van der Waals surface area contributed by atoms with Crippen LogP contribution in [0.5, 0.6) is 0 Å². The Morgan fingerprint density at radius 2 is 1.81 bits per heavy atom. The van der Waals surface area contributed by atoms with Gasteiger partial charge in [0.05, 0.1) is 32.7 Å². The van der Waals surface area contributed by atoms with Gasteiger partial charge in [-0.25, -0.2) is 0 Å². The number of carbonyl (C=O) groups excluding carboxylic acids is 3. The van der Waals surface area contributed by atoms with E-state index in [0.717, 1.165) is 0 Å². The average molecular weight is 232 g/mol. The first-order chi connectivity index (χ1) is 7.54. The van der Waals surface area contributed by atoms with Crippen LogP contribution in [0.1, 0.15) is 19.3 Å². The minimum absolute atomic E-state index is 0.00315. The van der Waals surface area contributed by atoms with Crippen molar-refractivity contribution in [1.29, 1.82) is 0 Å². The molecule has 0 radical (unpaired) electrons. The molecule has 0 amide bonds. The van der Waals surface area contributed by atoms with Gasteiger partial charge in [-0.2, -0.15) is 0 Å². The predicted molar refractivity (Wildman–Crippen MR) is 53.4 cm³/mol.